The first-order valence-corrected chi connectivity index (χ1v) is 9.97. The van der Waals surface area contributed by atoms with Crippen molar-refractivity contribution < 1.29 is 0 Å². The minimum absolute atomic E-state index is 0.355. The summed E-state index contributed by atoms with van der Waals surface area (Å²) in [5.41, 5.74) is 10.9. The van der Waals surface area contributed by atoms with Gasteiger partial charge in [0, 0.05) is 54.9 Å². The normalized spacial score (nSPS) is 22.5. The van der Waals surface area contributed by atoms with Crippen molar-refractivity contribution in [1.29, 1.82) is 0 Å². The molecule has 1 aromatic heterocycles. The van der Waals surface area contributed by atoms with Gasteiger partial charge in [-0.2, -0.15) is 0 Å². The summed E-state index contributed by atoms with van der Waals surface area (Å²) in [4.78, 5) is 16.5. The smallest absolute Gasteiger partial charge is 0.0922 e. The second kappa shape index (κ2) is 6.60. The monoisotopic (exact) mass is 362 g/mol. The third-order valence-electron chi connectivity index (χ3n) is 6.09. The Labute approximate surface area is 159 Å². The minimum Gasteiger partial charge on any atom is -0.404 e. The van der Waals surface area contributed by atoms with E-state index < -0.39 is 0 Å². The number of hydrogen-bond donors (Lipinski definition) is 2. The molecule has 1 aromatic carbocycles. The van der Waals surface area contributed by atoms with E-state index in [0.29, 0.717) is 11.6 Å². The number of allylic oxidation sites excluding steroid dienone is 1. The zero-order valence-electron chi connectivity index (χ0n) is 15.6. The minimum atomic E-state index is 0.355. The van der Waals surface area contributed by atoms with E-state index >= 15 is 0 Å². The van der Waals surface area contributed by atoms with E-state index in [0.717, 1.165) is 41.9 Å². The Kier molecular flexibility index (Phi) is 4.08. The number of hydrogen-bond acceptors (Lipinski definition) is 6. The van der Waals surface area contributed by atoms with E-state index in [1.54, 1.807) is 12.4 Å². The lowest BCUT2D eigenvalue weighted by molar-refractivity contribution is 0.421. The predicted octanol–water partition coefficient (Wildman–Crippen LogP) is 2.49. The summed E-state index contributed by atoms with van der Waals surface area (Å²) < 4.78 is 0. The van der Waals surface area contributed by atoms with Gasteiger partial charge < -0.3 is 16.0 Å². The number of nitrogens with two attached hydrogens (primary N) is 1. The maximum atomic E-state index is 5.84. The highest BCUT2D eigenvalue weighted by atomic mass is 15.2. The number of benzene rings is 1. The molecule has 0 unspecified atom stereocenters. The molecule has 2 aromatic rings. The van der Waals surface area contributed by atoms with Crippen molar-refractivity contribution in [2.24, 2.45) is 10.7 Å². The molecule has 27 heavy (non-hydrogen) atoms. The zero-order chi connectivity index (χ0) is 18.3. The van der Waals surface area contributed by atoms with E-state index in [2.05, 4.69) is 38.4 Å². The fourth-order valence-corrected chi connectivity index (χ4v) is 3.91. The van der Waals surface area contributed by atoms with Crippen molar-refractivity contribution in [3.8, 4) is 0 Å². The van der Waals surface area contributed by atoms with E-state index in [9.17, 15) is 0 Å². The average Bonchev–Trinajstić information content (AvgIpc) is 3.41. The van der Waals surface area contributed by atoms with E-state index in [1.807, 2.05) is 6.21 Å². The maximum Gasteiger partial charge on any atom is 0.0922 e. The van der Waals surface area contributed by atoms with Crippen LogP contribution in [0.2, 0.25) is 0 Å². The van der Waals surface area contributed by atoms with Crippen LogP contribution in [0, 0.1) is 0 Å². The molecule has 2 saturated carbocycles. The van der Waals surface area contributed by atoms with Crippen LogP contribution in [-0.4, -0.2) is 47.4 Å². The van der Waals surface area contributed by atoms with Crippen LogP contribution in [0.4, 0.5) is 5.69 Å². The predicted molar refractivity (Wildman–Crippen MR) is 110 cm³/mol. The molecule has 6 heteroatoms. The summed E-state index contributed by atoms with van der Waals surface area (Å²) in [6.45, 7) is 3.15. The van der Waals surface area contributed by atoms with Gasteiger partial charge in [-0.15, -0.1) is 0 Å². The molecule has 140 valence electrons. The molecule has 1 saturated heterocycles. The Morgan fingerprint density at radius 2 is 2.19 bits per heavy atom. The lowest BCUT2D eigenvalue weighted by atomic mass is 9.94. The van der Waals surface area contributed by atoms with Crippen molar-refractivity contribution in [3.05, 3.63) is 36.3 Å². The molecule has 3 N–H and O–H groups in total. The highest BCUT2D eigenvalue weighted by Gasteiger charge is 2.45. The molecular formula is C21H26N6. The number of nitrogens with zero attached hydrogens (tertiary/aromatic N) is 4. The molecule has 2 aliphatic carbocycles. The third-order valence-corrected chi connectivity index (χ3v) is 6.09. The lowest BCUT2D eigenvalue weighted by Crippen LogP contribution is -2.52. The number of aromatic nitrogens is 2. The van der Waals surface area contributed by atoms with Gasteiger partial charge in [-0.1, -0.05) is 0 Å². The van der Waals surface area contributed by atoms with Crippen LogP contribution < -0.4 is 16.0 Å². The van der Waals surface area contributed by atoms with Crippen molar-refractivity contribution in [2.75, 3.05) is 24.5 Å². The van der Waals surface area contributed by atoms with Gasteiger partial charge in [0.2, 0.25) is 0 Å². The van der Waals surface area contributed by atoms with Gasteiger partial charge >= 0.3 is 0 Å². The van der Waals surface area contributed by atoms with E-state index in [-0.39, 0.29) is 0 Å². The van der Waals surface area contributed by atoms with Crippen molar-refractivity contribution in [1.82, 2.24) is 15.3 Å². The van der Waals surface area contributed by atoms with Gasteiger partial charge in [0.25, 0.3) is 0 Å². The standard InChI is InChI=1S/C21H26N6/c22-11-15(12-23-16-2-1-3-16)20-13-24-18-5-4-17(10-19(18)26-20)27-9-8-25-21(14-27)6-7-21/h4-5,10-13,16,25H,1-3,6-9,14,22H2. The van der Waals surface area contributed by atoms with Crippen LogP contribution in [0.3, 0.4) is 0 Å². The average molecular weight is 362 g/mol. The quantitative estimate of drug-likeness (QED) is 0.817. The van der Waals surface area contributed by atoms with Gasteiger partial charge in [0.15, 0.2) is 0 Å². The lowest BCUT2D eigenvalue weighted by Gasteiger charge is -2.35. The van der Waals surface area contributed by atoms with Gasteiger partial charge in [0.1, 0.15) is 0 Å². The first-order chi connectivity index (χ1) is 13.2. The van der Waals surface area contributed by atoms with Gasteiger partial charge in [-0.05, 0) is 50.3 Å². The van der Waals surface area contributed by atoms with E-state index in [1.165, 1.54) is 37.8 Å². The van der Waals surface area contributed by atoms with Crippen LogP contribution in [0.15, 0.2) is 35.6 Å². The highest BCUT2D eigenvalue weighted by molar-refractivity contribution is 6.09. The Morgan fingerprint density at radius 1 is 1.30 bits per heavy atom. The number of piperazine rings is 1. The molecule has 5 rings (SSSR count). The molecule has 6 nitrogen and oxygen atoms in total. The molecule has 0 radical (unpaired) electrons. The van der Waals surface area contributed by atoms with Crippen LogP contribution in [0.1, 0.15) is 37.8 Å². The molecule has 0 bridgehead atoms. The summed E-state index contributed by atoms with van der Waals surface area (Å²) in [5.74, 6) is 0. The van der Waals surface area contributed by atoms with Crippen LogP contribution in [0.5, 0.6) is 0 Å². The summed E-state index contributed by atoms with van der Waals surface area (Å²) in [6.07, 6.45) is 11.4. The topological polar surface area (TPSA) is 79.4 Å². The summed E-state index contributed by atoms with van der Waals surface area (Å²) >= 11 is 0. The van der Waals surface area contributed by atoms with Crippen LogP contribution in [-0.2, 0) is 0 Å². The first-order valence-electron chi connectivity index (χ1n) is 9.97. The number of nitrogens with one attached hydrogen (secondary N) is 1. The number of rotatable bonds is 4. The van der Waals surface area contributed by atoms with Crippen molar-refractivity contribution >= 4 is 28.5 Å². The highest BCUT2D eigenvalue weighted by Crippen LogP contribution is 2.39. The molecule has 3 fully saturated rings. The van der Waals surface area contributed by atoms with E-state index in [4.69, 9.17) is 10.7 Å². The number of aliphatic imine (C=N–C) groups is 1. The van der Waals surface area contributed by atoms with Crippen molar-refractivity contribution in [3.63, 3.8) is 0 Å². The Morgan fingerprint density at radius 3 is 2.93 bits per heavy atom. The first kappa shape index (κ1) is 16.7. The molecule has 0 amide bonds. The fourth-order valence-electron chi connectivity index (χ4n) is 3.91. The zero-order valence-corrected chi connectivity index (χ0v) is 15.6. The summed E-state index contributed by atoms with van der Waals surface area (Å²) in [5, 5.41) is 3.67. The van der Waals surface area contributed by atoms with Crippen LogP contribution in [0.25, 0.3) is 16.6 Å². The fraction of sp³-hybridized carbons (Fsp3) is 0.476. The SMILES string of the molecule is NC=C(C=NC1CCC1)c1cnc2ccc(N3CCNC4(CC4)C3)cc2n1. The molecule has 0 atom stereocenters. The Bertz CT molecular complexity index is 910. The second-order valence-electron chi connectivity index (χ2n) is 8.04. The maximum absolute atomic E-state index is 5.84. The molecule has 1 aliphatic heterocycles. The Hall–Kier alpha value is -2.47. The number of fused-ring (bicyclic) bond motifs is 1. The third kappa shape index (κ3) is 3.30. The van der Waals surface area contributed by atoms with Gasteiger partial charge in [-0.3, -0.25) is 9.98 Å². The molecular weight excluding hydrogens is 336 g/mol. The Balaban J connectivity index is 1.42. The summed E-state index contributed by atoms with van der Waals surface area (Å²) in [6, 6.07) is 6.83. The van der Waals surface area contributed by atoms with Gasteiger partial charge in [0.05, 0.1) is 22.9 Å². The number of anilines is 1. The molecule has 3 aliphatic rings. The molecule has 2 heterocycles. The second-order valence-corrected chi connectivity index (χ2v) is 8.04. The van der Waals surface area contributed by atoms with Gasteiger partial charge in [-0.25, -0.2) is 4.98 Å². The summed E-state index contributed by atoms with van der Waals surface area (Å²) in [7, 11) is 0. The largest absolute Gasteiger partial charge is 0.404 e. The van der Waals surface area contributed by atoms with Crippen LogP contribution >= 0.6 is 0 Å². The molecule has 1 spiro atoms. The van der Waals surface area contributed by atoms with Crippen molar-refractivity contribution in [2.45, 2.75) is 43.7 Å².